The quantitative estimate of drug-likeness (QED) is 0.476. The lowest BCUT2D eigenvalue weighted by molar-refractivity contribution is -0.384. The number of non-ortho nitro benzene ring substituents is 1. The summed E-state index contributed by atoms with van der Waals surface area (Å²) in [5, 5.41) is 18.1. The van der Waals surface area contributed by atoms with Gasteiger partial charge in [-0.25, -0.2) is 4.68 Å². The zero-order chi connectivity index (χ0) is 21.1. The number of ether oxygens (including phenoxy) is 1. The molecule has 0 aliphatic heterocycles. The molecule has 0 saturated carbocycles. The van der Waals surface area contributed by atoms with Gasteiger partial charge in [-0.1, -0.05) is 29.3 Å². The topological polar surface area (TPSA) is 99.3 Å². The lowest BCUT2D eigenvalue weighted by Gasteiger charge is -2.09. The fourth-order valence-electron chi connectivity index (χ4n) is 2.80. The minimum absolute atomic E-state index is 0.0616. The van der Waals surface area contributed by atoms with Gasteiger partial charge in [0.25, 0.3) is 11.6 Å². The number of carbonyl (C=O) groups excluding carboxylic acids is 1. The average Bonchev–Trinajstić information content (AvgIpc) is 2.95. The van der Waals surface area contributed by atoms with Crippen LogP contribution in [0.2, 0.25) is 5.02 Å². The van der Waals surface area contributed by atoms with Crippen LogP contribution >= 0.6 is 11.6 Å². The van der Waals surface area contributed by atoms with E-state index in [4.69, 9.17) is 16.3 Å². The first-order valence-electron chi connectivity index (χ1n) is 8.76. The number of benzene rings is 2. The molecule has 3 rings (SSSR count). The molecule has 0 spiro atoms. The number of aromatic nitrogens is 2. The van der Waals surface area contributed by atoms with Gasteiger partial charge in [-0.05, 0) is 39.0 Å². The minimum Gasteiger partial charge on any atom is -0.482 e. The highest BCUT2D eigenvalue weighted by Gasteiger charge is 2.16. The third kappa shape index (κ3) is 4.55. The number of halogens is 1. The molecule has 9 heteroatoms. The van der Waals surface area contributed by atoms with E-state index in [1.165, 1.54) is 18.2 Å². The smallest absolute Gasteiger partial charge is 0.271 e. The van der Waals surface area contributed by atoms with Crippen LogP contribution in [0.25, 0.3) is 5.69 Å². The van der Waals surface area contributed by atoms with Gasteiger partial charge in [0.05, 0.1) is 32.7 Å². The SMILES string of the molecule is Cc1ccc(-n2nc(C)c(NC(=O)COc3ccc([N+](=O)[O-])cc3Cl)c2C)cc1. The fraction of sp³-hybridized carbons (Fsp3) is 0.200. The van der Waals surface area contributed by atoms with Crippen LogP contribution < -0.4 is 10.1 Å². The predicted octanol–water partition coefficient (Wildman–Crippen LogP) is 4.38. The Morgan fingerprint density at radius 1 is 1.21 bits per heavy atom. The number of hydrogen-bond donors (Lipinski definition) is 1. The van der Waals surface area contributed by atoms with E-state index >= 15 is 0 Å². The van der Waals surface area contributed by atoms with Gasteiger partial charge in [0.1, 0.15) is 5.75 Å². The van der Waals surface area contributed by atoms with Crippen LogP contribution in [0.1, 0.15) is 17.0 Å². The molecule has 0 fully saturated rings. The standard InChI is InChI=1S/C20H19ClN4O4/c1-12-4-6-15(7-5-12)24-14(3)20(13(2)23-24)22-19(26)11-29-18-9-8-16(25(27)28)10-17(18)21/h4-10H,11H2,1-3H3,(H,22,26). The Kier molecular flexibility index (Phi) is 5.84. The number of amides is 1. The highest BCUT2D eigenvalue weighted by molar-refractivity contribution is 6.32. The van der Waals surface area contributed by atoms with Crippen molar-refractivity contribution in [2.24, 2.45) is 0 Å². The zero-order valence-electron chi connectivity index (χ0n) is 16.1. The summed E-state index contributed by atoms with van der Waals surface area (Å²) >= 11 is 5.98. The van der Waals surface area contributed by atoms with Gasteiger partial charge >= 0.3 is 0 Å². The third-order valence-electron chi connectivity index (χ3n) is 4.32. The van der Waals surface area contributed by atoms with Crippen LogP contribution in [0.3, 0.4) is 0 Å². The zero-order valence-corrected chi connectivity index (χ0v) is 16.9. The molecule has 0 aliphatic carbocycles. The number of nitro groups is 1. The van der Waals surface area contributed by atoms with Crippen LogP contribution in [0.4, 0.5) is 11.4 Å². The van der Waals surface area contributed by atoms with E-state index in [1.807, 2.05) is 38.1 Å². The Bertz CT molecular complexity index is 1080. The summed E-state index contributed by atoms with van der Waals surface area (Å²) in [5.74, 6) is -0.203. The summed E-state index contributed by atoms with van der Waals surface area (Å²) in [7, 11) is 0. The van der Waals surface area contributed by atoms with Gasteiger partial charge < -0.3 is 10.1 Å². The molecular weight excluding hydrogens is 396 g/mol. The first-order chi connectivity index (χ1) is 13.8. The minimum atomic E-state index is -0.556. The number of nitrogens with zero attached hydrogens (tertiary/aromatic N) is 3. The molecule has 0 bridgehead atoms. The normalized spacial score (nSPS) is 10.6. The van der Waals surface area contributed by atoms with Crippen LogP contribution in [-0.4, -0.2) is 27.2 Å². The number of carbonyl (C=O) groups is 1. The van der Waals surface area contributed by atoms with Gasteiger partial charge in [-0.2, -0.15) is 5.10 Å². The van der Waals surface area contributed by atoms with Crippen molar-refractivity contribution in [2.75, 3.05) is 11.9 Å². The summed E-state index contributed by atoms with van der Waals surface area (Å²) < 4.78 is 7.16. The average molecular weight is 415 g/mol. The van der Waals surface area contributed by atoms with E-state index in [2.05, 4.69) is 10.4 Å². The van der Waals surface area contributed by atoms with Crippen molar-refractivity contribution in [1.29, 1.82) is 0 Å². The van der Waals surface area contributed by atoms with E-state index < -0.39 is 10.8 Å². The van der Waals surface area contributed by atoms with Crippen molar-refractivity contribution in [3.8, 4) is 11.4 Å². The Hall–Kier alpha value is -3.39. The van der Waals surface area contributed by atoms with Gasteiger partial charge in [0.15, 0.2) is 6.61 Å². The van der Waals surface area contributed by atoms with E-state index in [0.29, 0.717) is 11.4 Å². The maximum absolute atomic E-state index is 12.3. The fourth-order valence-corrected chi connectivity index (χ4v) is 3.03. The van der Waals surface area contributed by atoms with Crippen LogP contribution in [0.5, 0.6) is 5.75 Å². The molecule has 1 heterocycles. The lowest BCUT2D eigenvalue weighted by atomic mass is 10.2. The molecule has 1 N–H and O–H groups in total. The van der Waals surface area contributed by atoms with Crippen LogP contribution in [0.15, 0.2) is 42.5 Å². The first kappa shape index (κ1) is 20.3. The molecule has 2 aromatic carbocycles. The Balaban J connectivity index is 1.70. The molecule has 0 radical (unpaired) electrons. The second-order valence-electron chi connectivity index (χ2n) is 6.50. The highest BCUT2D eigenvalue weighted by Crippen LogP contribution is 2.29. The number of nitrogens with one attached hydrogen (secondary N) is 1. The van der Waals surface area contributed by atoms with E-state index in [0.717, 1.165) is 16.9 Å². The molecule has 0 unspecified atom stereocenters. The Morgan fingerprint density at radius 3 is 2.52 bits per heavy atom. The van der Waals surface area contributed by atoms with Crippen molar-refractivity contribution < 1.29 is 14.5 Å². The summed E-state index contributed by atoms with van der Waals surface area (Å²) in [4.78, 5) is 22.5. The van der Waals surface area contributed by atoms with Gasteiger partial charge in [0.2, 0.25) is 0 Å². The van der Waals surface area contributed by atoms with Gasteiger partial charge in [-0.3, -0.25) is 14.9 Å². The van der Waals surface area contributed by atoms with Crippen LogP contribution in [-0.2, 0) is 4.79 Å². The molecule has 29 heavy (non-hydrogen) atoms. The molecule has 1 aromatic heterocycles. The summed E-state index contributed by atoms with van der Waals surface area (Å²) in [6, 6.07) is 11.7. The Labute approximate surface area is 172 Å². The van der Waals surface area contributed by atoms with Gasteiger partial charge in [0, 0.05) is 12.1 Å². The monoisotopic (exact) mass is 414 g/mol. The highest BCUT2D eigenvalue weighted by atomic mass is 35.5. The van der Waals surface area contributed by atoms with Crippen molar-refractivity contribution in [3.63, 3.8) is 0 Å². The first-order valence-corrected chi connectivity index (χ1v) is 9.14. The molecule has 0 aliphatic rings. The molecule has 1 amide bonds. The van der Waals surface area contributed by atoms with E-state index in [9.17, 15) is 14.9 Å². The molecule has 0 saturated heterocycles. The number of aryl methyl sites for hydroxylation is 2. The largest absolute Gasteiger partial charge is 0.482 e. The summed E-state index contributed by atoms with van der Waals surface area (Å²) in [5.41, 5.74) is 3.95. The van der Waals surface area contributed by atoms with E-state index in [-0.39, 0.29) is 23.1 Å². The number of anilines is 1. The molecule has 8 nitrogen and oxygen atoms in total. The molecule has 3 aromatic rings. The molecular formula is C20H19ClN4O4. The number of hydrogen-bond acceptors (Lipinski definition) is 5. The second kappa shape index (κ2) is 8.32. The van der Waals surface area contributed by atoms with Gasteiger partial charge in [-0.15, -0.1) is 0 Å². The second-order valence-corrected chi connectivity index (χ2v) is 6.91. The molecule has 0 atom stereocenters. The number of rotatable bonds is 6. The lowest BCUT2D eigenvalue weighted by Crippen LogP contribution is -2.21. The van der Waals surface area contributed by atoms with Crippen LogP contribution in [0, 0.1) is 30.9 Å². The maximum Gasteiger partial charge on any atom is 0.271 e. The Morgan fingerprint density at radius 2 is 1.90 bits per heavy atom. The third-order valence-corrected chi connectivity index (χ3v) is 4.61. The summed E-state index contributed by atoms with van der Waals surface area (Å²) in [6.45, 7) is 5.38. The molecule has 150 valence electrons. The maximum atomic E-state index is 12.3. The van der Waals surface area contributed by atoms with Crippen molar-refractivity contribution in [3.05, 3.63) is 74.6 Å². The number of nitro benzene ring substituents is 1. The van der Waals surface area contributed by atoms with Crippen molar-refractivity contribution in [1.82, 2.24) is 9.78 Å². The van der Waals surface area contributed by atoms with Crippen molar-refractivity contribution in [2.45, 2.75) is 20.8 Å². The van der Waals surface area contributed by atoms with Crippen molar-refractivity contribution >= 4 is 28.9 Å². The predicted molar refractivity (Wildman–Crippen MR) is 110 cm³/mol. The summed E-state index contributed by atoms with van der Waals surface area (Å²) in [6.07, 6.45) is 0. The van der Waals surface area contributed by atoms with E-state index in [1.54, 1.807) is 11.6 Å².